The Hall–Kier alpha value is -5.64. The van der Waals surface area contributed by atoms with Crippen molar-refractivity contribution < 1.29 is 52.5 Å². The fourth-order valence-electron chi connectivity index (χ4n) is 8.97. The molecule has 4 aliphatic rings. The number of amides is 4. The molecule has 8 rings (SSSR count). The number of alkyl halides is 3. The molecule has 2 aliphatic carbocycles. The van der Waals surface area contributed by atoms with Crippen LogP contribution in [0.2, 0.25) is 15.1 Å². The van der Waals surface area contributed by atoms with E-state index in [1.165, 1.54) is 36.4 Å². The highest BCUT2D eigenvalue weighted by Crippen LogP contribution is 2.65. The molecule has 6 atom stereocenters. The summed E-state index contributed by atoms with van der Waals surface area (Å²) in [6.07, 6.45) is -2.76. The van der Waals surface area contributed by atoms with Crippen molar-refractivity contribution in [1.82, 2.24) is 9.99 Å². The number of fused-ring (bicyclic) bond motifs is 4. The number of aromatic nitrogens is 1. The number of nitrogens with one attached hydrogen (secondary N) is 1. The molecule has 2 aliphatic heterocycles. The van der Waals surface area contributed by atoms with Crippen LogP contribution in [-0.4, -0.2) is 54.9 Å². The monoisotopic (exact) mass is 840 g/mol. The van der Waals surface area contributed by atoms with Crippen molar-refractivity contribution in [3.8, 4) is 11.5 Å². The highest BCUT2D eigenvalue weighted by molar-refractivity contribution is 6.33. The zero-order valence-corrected chi connectivity index (χ0v) is 31.1. The third kappa shape index (κ3) is 5.81. The number of allylic oxidation sites excluding steroid dienone is 2. The van der Waals surface area contributed by atoms with Gasteiger partial charge in [0.05, 0.1) is 39.4 Å². The molecular weight excluding hydrogens is 816 g/mol. The van der Waals surface area contributed by atoms with Crippen molar-refractivity contribution in [3.63, 3.8) is 0 Å². The standard InChI is InChI=1S/C39H26Cl3F3N4O8/c40-18-3-1-16(2-4-18)38-26(34(53)49(37(38)57)47-32-28(42)11-17(15-46-32)39(43,44)45)14-25-21(31(38)22-8-6-20(50)13-27(22)41)9-10-24-30(25)35(54)48(33(24)52)19-5-7-23(36(55)56)29(51)12-19/h1-9,11-13,15,24-26,30-31,50-51H,10,14H2,(H,46,47)(H,55,56)/t24-,25+,26-,30-,31+,38+/m0/s1. The molecule has 57 heavy (non-hydrogen) atoms. The summed E-state index contributed by atoms with van der Waals surface area (Å²) >= 11 is 19.4. The number of aromatic hydroxyl groups is 2. The SMILES string of the molecule is O=C(O)c1ccc(N2C(=O)[C@H]3[C@H](CC=C4[C@H]3C[C@H]3C(=O)N(Nc5ncc(C(F)(F)F)cc5Cl)C(=O)[C@@]3(c3ccc(Cl)cc3)[C@H]4c3ccc(O)cc3Cl)C2=O)cc1O. The van der Waals surface area contributed by atoms with E-state index in [9.17, 15) is 47.7 Å². The fourth-order valence-corrected chi connectivity index (χ4v) is 9.59. The molecule has 4 amide bonds. The first kappa shape index (κ1) is 38.2. The number of phenols is 2. The summed E-state index contributed by atoms with van der Waals surface area (Å²) in [6.45, 7) is 0. The zero-order valence-electron chi connectivity index (χ0n) is 28.8. The lowest BCUT2D eigenvalue weighted by Crippen LogP contribution is -2.53. The second kappa shape index (κ2) is 13.5. The van der Waals surface area contributed by atoms with Crippen LogP contribution in [0.15, 0.2) is 84.6 Å². The van der Waals surface area contributed by atoms with Crippen LogP contribution in [0.4, 0.5) is 24.7 Å². The average Bonchev–Trinajstić information content (AvgIpc) is 3.53. The number of benzene rings is 3. The van der Waals surface area contributed by atoms with E-state index in [-0.39, 0.29) is 34.9 Å². The molecule has 0 radical (unpaired) electrons. The van der Waals surface area contributed by atoms with Crippen LogP contribution >= 0.6 is 34.8 Å². The number of aromatic carboxylic acids is 1. The largest absolute Gasteiger partial charge is 0.508 e. The normalized spacial score (nSPS) is 25.6. The van der Waals surface area contributed by atoms with Crippen LogP contribution in [-0.2, 0) is 30.8 Å². The maximum atomic E-state index is 15.3. The highest BCUT2D eigenvalue weighted by Gasteiger charge is 2.70. The molecule has 3 fully saturated rings. The van der Waals surface area contributed by atoms with Gasteiger partial charge < -0.3 is 15.3 Å². The van der Waals surface area contributed by atoms with Gasteiger partial charge in [-0.1, -0.05) is 64.7 Å². The van der Waals surface area contributed by atoms with Crippen molar-refractivity contribution >= 4 is 75.9 Å². The molecule has 18 heteroatoms. The van der Waals surface area contributed by atoms with Gasteiger partial charge >= 0.3 is 12.1 Å². The van der Waals surface area contributed by atoms with E-state index < -0.39 is 98.5 Å². The van der Waals surface area contributed by atoms with E-state index in [0.29, 0.717) is 33.4 Å². The number of carboxylic acid groups (broad SMARTS) is 1. The van der Waals surface area contributed by atoms with E-state index in [1.54, 1.807) is 18.2 Å². The molecule has 4 N–H and O–H groups in total. The molecule has 1 aromatic heterocycles. The number of nitrogens with zero attached hydrogens (tertiary/aromatic N) is 3. The Kier molecular flexibility index (Phi) is 9.05. The molecule has 0 unspecified atom stereocenters. The predicted octanol–water partition coefficient (Wildman–Crippen LogP) is 7.36. The minimum atomic E-state index is -4.79. The molecule has 0 bridgehead atoms. The maximum Gasteiger partial charge on any atom is 0.417 e. The zero-order chi connectivity index (χ0) is 40.9. The highest BCUT2D eigenvalue weighted by atomic mass is 35.5. The number of hydrazine groups is 1. The number of carboxylic acids is 1. The van der Waals surface area contributed by atoms with Crippen molar-refractivity contribution in [2.45, 2.75) is 30.4 Å². The second-order valence-corrected chi connectivity index (χ2v) is 15.4. The number of rotatable bonds is 6. The fraction of sp³-hybridized carbons (Fsp3) is 0.231. The number of phenolic OH excluding ortho intramolecular Hbond substituents is 1. The number of hydrogen-bond acceptors (Lipinski definition) is 9. The molecule has 3 aromatic carbocycles. The van der Waals surface area contributed by atoms with Crippen LogP contribution < -0.4 is 10.3 Å². The second-order valence-electron chi connectivity index (χ2n) is 14.1. The number of carbonyl (C=O) groups excluding carboxylic acids is 4. The number of pyridine rings is 1. The smallest absolute Gasteiger partial charge is 0.417 e. The Morgan fingerprint density at radius 1 is 0.877 bits per heavy atom. The van der Waals surface area contributed by atoms with Crippen LogP contribution in [0.1, 0.15) is 45.8 Å². The summed E-state index contributed by atoms with van der Waals surface area (Å²) in [5, 5.41) is 30.6. The van der Waals surface area contributed by atoms with Crippen LogP contribution in [0.25, 0.3) is 0 Å². The van der Waals surface area contributed by atoms with E-state index in [4.69, 9.17) is 34.8 Å². The van der Waals surface area contributed by atoms with Gasteiger partial charge in [-0.3, -0.25) is 24.6 Å². The Morgan fingerprint density at radius 3 is 2.23 bits per heavy atom. The van der Waals surface area contributed by atoms with Gasteiger partial charge in [-0.2, -0.15) is 18.2 Å². The van der Waals surface area contributed by atoms with Gasteiger partial charge in [0.25, 0.3) is 11.8 Å². The van der Waals surface area contributed by atoms with Gasteiger partial charge in [0.15, 0.2) is 5.82 Å². The van der Waals surface area contributed by atoms with Gasteiger partial charge in [0.2, 0.25) is 11.8 Å². The molecule has 4 aromatic rings. The summed E-state index contributed by atoms with van der Waals surface area (Å²) in [6, 6.07) is 14.1. The summed E-state index contributed by atoms with van der Waals surface area (Å²) in [7, 11) is 0. The minimum absolute atomic E-state index is 0.000481. The summed E-state index contributed by atoms with van der Waals surface area (Å²) in [5.41, 5.74) is 0.0398. The Bertz CT molecular complexity index is 2480. The van der Waals surface area contributed by atoms with Gasteiger partial charge in [0, 0.05) is 28.2 Å². The van der Waals surface area contributed by atoms with E-state index in [2.05, 4.69) is 10.4 Å². The lowest BCUT2D eigenvalue weighted by Gasteiger charge is -2.50. The van der Waals surface area contributed by atoms with Crippen LogP contribution in [0.3, 0.4) is 0 Å². The van der Waals surface area contributed by atoms with Crippen molar-refractivity contribution in [1.29, 1.82) is 0 Å². The predicted molar refractivity (Wildman–Crippen MR) is 198 cm³/mol. The van der Waals surface area contributed by atoms with Crippen molar-refractivity contribution in [2.24, 2.45) is 23.7 Å². The molecule has 292 valence electrons. The van der Waals surface area contributed by atoms with Crippen LogP contribution in [0.5, 0.6) is 11.5 Å². The number of halogens is 6. The first-order valence-corrected chi connectivity index (χ1v) is 18.3. The van der Waals surface area contributed by atoms with Crippen LogP contribution in [0, 0.1) is 23.7 Å². The van der Waals surface area contributed by atoms with Gasteiger partial charge in [-0.25, -0.2) is 14.7 Å². The molecule has 1 saturated carbocycles. The average molecular weight is 842 g/mol. The van der Waals surface area contributed by atoms with Crippen molar-refractivity contribution in [2.75, 3.05) is 10.3 Å². The Morgan fingerprint density at radius 2 is 1.60 bits per heavy atom. The van der Waals surface area contributed by atoms with E-state index in [0.717, 1.165) is 17.0 Å². The minimum Gasteiger partial charge on any atom is -0.508 e. The quantitative estimate of drug-likeness (QED) is 0.113. The molecule has 2 saturated heterocycles. The Labute approximate surface area is 335 Å². The molecule has 3 heterocycles. The first-order valence-electron chi connectivity index (χ1n) is 17.2. The Balaban J connectivity index is 1.30. The first-order chi connectivity index (χ1) is 26.9. The number of hydrogen-bond donors (Lipinski definition) is 4. The van der Waals surface area contributed by atoms with E-state index >= 15 is 4.79 Å². The third-order valence-electron chi connectivity index (χ3n) is 11.3. The summed E-state index contributed by atoms with van der Waals surface area (Å²) < 4.78 is 40.4. The summed E-state index contributed by atoms with van der Waals surface area (Å²) in [5.74, 6) is -11.2. The van der Waals surface area contributed by atoms with E-state index in [1.807, 2.05) is 0 Å². The topological polar surface area (TPSA) is 177 Å². The number of imide groups is 2. The van der Waals surface area contributed by atoms with Gasteiger partial charge in [-0.05, 0) is 72.4 Å². The summed E-state index contributed by atoms with van der Waals surface area (Å²) in [4.78, 5) is 74.8. The number of carbonyl (C=O) groups is 5. The lowest BCUT2D eigenvalue weighted by molar-refractivity contribution is -0.139. The third-order valence-corrected chi connectivity index (χ3v) is 12.2. The van der Waals surface area contributed by atoms with Gasteiger partial charge in [-0.15, -0.1) is 0 Å². The lowest BCUT2D eigenvalue weighted by atomic mass is 9.49. The molecule has 0 spiro atoms. The number of anilines is 2. The van der Waals surface area contributed by atoms with Crippen molar-refractivity contribution in [3.05, 3.63) is 122 Å². The molecule has 12 nitrogen and oxygen atoms in total. The van der Waals surface area contributed by atoms with Gasteiger partial charge in [0.1, 0.15) is 17.1 Å². The maximum absolute atomic E-state index is 15.3. The molecular formula is C39H26Cl3F3N4O8.